The Bertz CT molecular complexity index is 795. The van der Waals surface area contributed by atoms with Gasteiger partial charge in [0, 0.05) is 6.42 Å². The van der Waals surface area contributed by atoms with Crippen molar-refractivity contribution in [3.05, 3.63) is 71.8 Å². The van der Waals surface area contributed by atoms with Crippen LogP contribution in [0.1, 0.15) is 30.9 Å². The van der Waals surface area contributed by atoms with E-state index in [4.69, 9.17) is 4.74 Å². The average Bonchev–Trinajstić information content (AvgIpc) is 2.73. The van der Waals surface area contributed by atoms with E-state index >= 15 is 0 Å². The lowest BCUT2D eigenvalue weighted by atomic mass is 10.0. The quantitative estimate of drug-likeness (QED) is 0.571. The van der Waals surface area contributed by atoms with Gasteiger partial charge in [-0.3, -0.25) is 4.79 Å². The topological polar surface area (TPSA) is 105 Å². The third-order valence-corrected chi connectivity index (χ3v) is 4.30. The van der Waals surface area contributed by atoms with Gasteiger partial charge < -0.3 is 20.5 Å². The Morgan fingerprint density at radius 2 is 1.48 bits per heavy atom. The van der Waals surface area contributed by atoms with Gasteiger partial charge in [-0.15, -0.1) is 0 Å². The molecule has 0 saturated carbocycles. The number of aliphatic carboxylic acids is 1. The standard InChI is InChI=1S/C22H26N2O5/c1-2-9-18(21(26)27)23-20(25)19(14-16-10-5-3-6-11-16)24-22(28)29-15-17-12-7-4-8-13-17/h3-8,10-13,18-19H,2,9,14-15H2,1H3,(H,23,25)(H,24,28)(H,26,27)/t18-,19+/m0/s1. The van der Waals surface area contributed by atoms with Crippen LogP contribution in [-0.4, -0.2) is 35.2 Å². The Hall–Kier alpha value is -3.35. The molecule has 2 aromatic rings. The smallest absolute Gasteiger partial charge is 0.408 e. The molecule has 0 bridgehead atoms. The number of nitrogens with one attached hydrogen (secondary N) is 2. The third kappa shape index (κ3) is 7.65. The maximum Gasteiger partial charge on any atom is 0.408 e. The Morgan fingerprint density at radius 1 is 0.897 bits per heavy atom. The summed E-state index contributed by atoms with van der Waals surface area (Å²) < 4.78 is 5.20. The van der Waals surface area contributed by atoms with Crippen LogP contribution in [0.3, 0.4) is 0 Å². The van der Waals surface area contributed by atoms with Gasteiger partial charge in [-0.2, -0.15) is 0 Å². The minimum atomic E-state index is -1.11. The van der Waals surface area contributed by atoms with Gasteiger partial charge in [0.25, 0.3) is 0 Å². The van der Waals surface area contributed by atoms with E-state index in [0.717, 1.165) is 11.1 Å². The first-order valence-electron chi connectivity index (χ1n) is 9.54. The molecular weight excluding hydrogens is 372 g/mol. The first-order valence-corrected chi connectivity index (χ1v) is 9.54. The fourth-order valence-electron chi connectivity index (χ4n) is 2.78. The SMILES string of the molecule is CCC[C@H](NC(=O)[C@@H](Cc1ccccc1)NC(=O)OCc1ccccc1)C(=O)O. The number of amides is 2. The zero-order chi connectivity index (χ0) is 21.1. The molecule has 154 valence electrons. The lowest BCUT2D eigenvalue weighted by Crippen LogP contribution is -2.52. The molecule has 2 amide bonds. The Morgan fingerprint density at radius 3 is 2.03 bits per heavy atom. The van der Waals surface area contributed by atoms with Crippen molar-refractivity contribution in [3.63, 3.8) is 0 Å². The van der Waals surface area contributed by atoms with Crippen LogP contribution in [0.2, 0.25) is 0 Å². The number of hydrogen-bond acceptors (Lipinski definition) is 4. The number of benzene rings is 2. The molecule has 0 aliphatic carbocycles. The number of carboxylic acids is 1. The average molecular weight is 398 g/mol. The summed E-state index contributed by atoms with van der Waals surface area (Å²) in [5.74, 6) is -1.67. The largest absolute Gasteiger partial charge is 0.480 e. The van der Waals surface area contributed by atoms with Crippen LogP contribution in [0.4, 0.5) is 4.79 Å². The van der Waals surface area contributed by atoms with Crippen molar-refractivity contribution in [1.29, 1.82) is 0 Å². The van der Waals surface area contributed by atoms with E-state index < -0.39 is 30.1 Å². The fraction of sp³-hybridized carbons (Fsp3) is 0.318. The van der Waals surface area contributed by atoms with Gasteiger partial charge in [-0.25, -0.2) is 9.59 Å². The second-order valence-corrected chi connectivity index (χ2v) is 6.64. The molecule has 2 atom stereocenters. The summed E-state index contributed by atoms with van der Waals surface area (Å²) in [5.41, 5.74) is 1.65. The molecule has 0 radical (unpaired) electrons. The van der Waals surface area contributed by atoms with Gasteiger partial charge in [0.1, 0.15) is 18.7 Å². The maximum absolute atomic E-state index is 12.7. The highest BCUT2D eigenvalue weighted by molar-refractivity contribution is 5.89. The van der Waals surface area contributed by atoms with E-state index in [-0.39, 0.29) is 13.0 Å². The summed E-state index contributed by atoms with van der Waals surface area (Å²) >= 11 is 0. The van der Waals surface area contributed by atoms with Crippen molar-refractivity contribution in [1.82, 2.24) is 10.6 Å². The summed E-state index contributed by atoms with van der Waals surface area (Å²) in [4.78, 5) is 36.3. The van der Waals surface area contributed by atoms with Crippen LogP contribution < -0.4 is 10.6 Å². The van der Waals surface area contributed by atoms with Crippen LogP contribution >= 0.6 is 0 Å². The molecule has 2 rings (SSSR count). The van der Waals surface area contributed by atoms with Crippen LogP contribution in [0.25, 0.3) is 0 Å². The summed E-state index contributed by atoms with van der Waals surface area (Å²) in [6, 6.07) is 16.4. The predicted molar refractivity (Wildman–Crippen MR) is 108 cm³/mol. The van der Waals surface area contributed by atoms with Crippen LogP contribution in [-0.2, 0) is 27.4 Å². The van der Waals surface area contributed by atoms with Crippen LogP contribution in [0, 0.1) is 0 Å². The minimum absolute atomic E-state index is 0.0694. The van der Waals surface area contributed by atoms with E-state index in [9.17, 15) is 19.5 Å². The summed E-state index contributed by atoms with van der Waals surface area (Å²) in [7, 11) is 0. The number of carbonyl (C=O) groups excluding carboxylic acids is 2. The highest BCUT2D eigenvalue weighted by Crippen LogP contribution is 2.07. The zero-order valence-corrected chi connectivity index (χ0v) is 16.3. The molecule has 0 unspecified atom stereocenters. The Kier molecular flexibility index (Phi) is 8.69. The van der Waals surface area contributed by atoms with Gasteiger partial charge in [0.05, 0.1) is 0 Å². The Balaban J connectivity index is 2.04. The lowest BCUT2D eigenvalue weighted by Gasteiger charge is -2.21. The normalized spacial score (nSPS) is 12.4. The monoisotopic (exact) mass is 398 g/mol. The first kappa shape index (κ1) is 21.9. The van der Waals surface area contributed by atoms with Crippen molar-refractivity contribution in [2.75, 3.05) is 0 Å². The van der Waals surface area contributed by atoms with Gasteiger partial charge in [0.2, 0.25) is 5.91 Å². The molecule has 0 aliphatic rings. The van der Waals surface area contributed by atoms with E-state index in [1.807, 2.05) is 67.6 Å². The zero-order valence-electron chi connectivity index (χ0n) is 16.3. The van der Waals surface area contributed by atoms with Crippen molar-refractivity contribution >= 4 is 18.0 Å². The molecule has 7 nitrogen and oxygen atoms in total. The molecule has 2 aromatic carbocycles. The number of carbonyl (C=O) groups is 3. The number of alkyl carbamates (subject to hydrolysis) is 1. The summed E-state index contributed by atoms with van der Waals surface area (Å²) in [6.07, 6.45) is 0.378. The van der Waals surface area contributed by atoms with Crippen molar-refractivity contribution in [2.24, 2.45) is 0 Å². The number of hydrogen-bond donors (Lipinski definition) is 3. The second kappa shape index (κ2) is 11.5. The molecule has 0 heterocycles. The van der Waals surface area contributed by atoms with Crippen molar-refractivity contribution in [2.45, 2.75) is 44.9 Å². The number of rotatable bonds is 10. The number of ether oxygens (including phenoxy) is 1. The van der Waals surface area contributed by atoms with Crippen LogP contribution in [0.5, 0.6) is 0 Å². The highest BCUT2D eigenvalue weighted by Gasteiger charge is 2.26. The fourth-order valence-corrected chi connectivity index (χ4v) is 2.78. The number of carboxylic acid groups (broad SMARTS) is 1. The predicted octanol–water partition coefficient (Wildman–Crippen LogP) is 2.89. The molecule has 0 spiro atoms. The molecule has 0 aromatic heterocycles. The second-order valence-electron chi connectivity index (χ2n) is 6.64. The highest BCUT2D eigenvalue weighted by atomic mass is 16.5. The van der Waals surface area contributed by atoms with Gasteiger partial charge in [-0.1, -0.05) is 74.0 Å². The van der Waals surface area contributed by atoms with Gasteiger partial charge in [-0.05, 0) is 17.5 Å². The third-order valence-electron chi connectivity index (χ3n) is 4.30. The molecule has 7 heteroatoms. The van der Waals surface area contributed by atoms with E-state index in [1.165, 1.54) is 0 Å². The van der Waals surface area contributed by atoms with Crippen molar-refractivity contribution < 1.29 is 24.2 Å². The molecule has 0 fully saturated rings. The molecule has 29 heavy (non-hydrogen) atoms. The minimum Gasteiger partial charge on any atom is -0.480 e. The molecule has 0 saturated heterocycles. The van der Waals surface area contributed by atoms with Crippen molar-refractivity contribution in [3.8, 4) is 0 Å². The summed E-state index contributed by atoms with van der Waals surface area (Å²) in [6.45, 7) is 1.91. The van der Waals surface area contributed by atoms with E-state index in [1.54, 1.807) is 0 Å². The van der Waals surface area contributed by atoms with Gasteiger partial charge >= 0.3 is 12.1 Å². The van der Waals surface area contributed by atoms with Crippen LogP contribution in [0.15, 0.2) is 60.7 Å². The Labute approximate surface area is 170 Å². The lowest BCUT2D eigenvalue weighted by molar-refractivity contribution is -0.142. The molecular formula is C22H26N2O5. The summed E-state index contributed by atoms with van der Waals surface area (Å²) in [5, 5.41) is 14.4. The van der Waals surface area contributed by atoms with Gasteiger partial charge in [0.15, 0.2) is 0 Å². The first-order chi connectivity index (χ1) is 14.0. The molecule has 3 N–H and O–H groups in total. The molecule has 0 aliphatic heterocycles. The van der Waals surface area contributed by atoms with E-state index in [0.29, 0.717) is 12.8 Å². The van der Waals surface area contributed by atoms with E-state index in [2.05, 4.69) is 10.6 Å². The maximum atomic E-state index is 12.7.